The summed E-state index contributed by atoms with van der Waals surface area (Å²) in [5.41, 5.74) is 3.77. The van der Waals surface area contributed by atoms with Crippen molar-refractivity contribution >= 4 is 47.4 Å². The van der Waals surface area contributed by atoms with E-state index in [0.717, 1.165) is 56.3 Å². The average Bonchev–Trinajstić information content (AvgIpc) is 3.27. The fourth-order valence-electron chi connectivity index (χ4n) is 6.28. The van der Waals surface area contributed by atoms with Gasteiger partial charge in [-0.15, -0.1) is 23.5 Å². The van der Waals surface area contributed by atoms with Crippen molar-refractivity contribution in [3.8, 4) is 11.5 Å². The third-order valence-corrected chi connectivity index (χ3v) is 12.3. The van der Waals surface area contributed by atoms with Crippen LogP contribution in [0.4, 0.5) is 0 Å². The minimum Gasteiger partial charge on any atom is -0.490 e. The van der Waals surface area contributed by atoms with E-state index >= 15 is 0 Å². The molecule has 2 atom stereocenters. The number of carbonyl (C=O) groups is 4. The van der Waals surface area contributed by atoms with Crippen LogP contribution in [0, 0.1) is 0 Å². The number of hydrogen-bond acceptors (Lipinski definition) is 10. The number of hydrogen-bond donors (Lipinski definition) is 2. The summed E-state index contributed by atoms with van der Waals surface area (Å²) in [6, 6.07) is 43.7. The minimum atomic E-state index is -1.23. The molecule has 2 unspecified atom stereocenters. The lowest BCUT2D eigenvalue weighted by atomic mass is 9.74. The molecule has 5 rings (SSSR count). The fourth-order valence-corrected chi connectivity index (χ4v) is 8.07. The van der Waals surface area contributed by atoms with Crippen molar-refractivity contribution in [3.05, 3.63) is 180 Å². The largest absolute Gasteiger partial charge is 0.490 e. The van der Waals surface area contributed by atoms with Crippen LogP contribution < -0.4 is 9.47 Å². The van der Waals surface area contributed by atoms with Gasteiger partial charge in [-0.05, 0) is 70.8 Å². The van der Waals surface area contributed by atoms with Crippen molar-refractivity contribution in [3.63, 3.8) is 0 Å². The highest BCUT2D eigenvalue weighted by Crippen LogP contribution is 2.37. The van der Waals surface area contributed by atoms with E-state index < -0.39 is 36.1 Å². The summed E-state index contributed by atoms with van der Waals surface area (Å²) in [4.78, 5) is 48.4. The molecule has 0 aliphatic rings. The Morgan fingerprint density at radius 1 is 0.484 bits per heavy atom. The normalized spacial score (nSPS) is 12.7. The maximum absolute atomic E-state index is 12.3. The molecule has 0 bridgehead atoms. The molecule has 0 heterocycles. The lowest BCUT2D eigenvalue weighted by Crippen LogP contribution is -2.27. The number of thioether (sulfide) groups is 2. The number of carbonyl (C=O) groups excluding carboxylic acids is 2. The summed E-state index contributed by atoms with van der Waals surface area (Å²) < 4.78 is 23.2. The Morgan fingerprint density at radius 3 is 1.10 bits per heavy atom. The first kappa shape index (κ1) is 46.8. The molecule has 0 fully saturated rings. The van der Waals surface area contributed by atoms with Gasteiger partial charge in [0.15, 0.2) is 0 Å². The quantitative estimate of drug-likeness (QED) is 0.0388. The molecule has 0 aromatic heterocycles. The van der Waals surface area contributed by atoms with Crippen molar-refractivity contribution in [2.75, 3.05) is 24.7 Å². The smallest absolute Gasteiger partial charge is 0.331 e. The Hall–Kier alpha value is -6.24. The average molecular weight is 875 g/mol. The molecule has 12 heteroatoms. The van der Waals surface area contributed by atoms with Crippen LogP contribution in [0.5, 0.6) is 11.5 Å². The van der Waals surface area contributed by atoms with E-state index in [9.17, 15) is 19.2 Å². The molecule has 322 valence electrons. The van der Waals surface area contributed by atoms with Crippen molar-refractivity contribution in [2.45, 2.75) is 60.5 Å². The van der Waals surface area contributed by atoms with E-state index in [1.807, 2.05) is 109 Å². The van der Waals surface area contributed by atoms with Crippen LogP contribution in [0.1, 0.15) is 49.9 Å². The fraction of sp³-hybridized carbons (Fsp3) is 0.240. The van der Waals surface area contributed by atoms with Crippen molar-refractivity contribution in [1.29, 1.82) is 0 Å². The number of benzene rings is 5. The first-order valence-electron chi connectivity index (χ1n) is 19.9. The first-order valence-corrected chi connectivity index (χ1v) is 21.8. The van der Waals surface area contributed by atoms with Gasteiger partial charge in [-0.25, -0.2) is 19.2 Å². The zero-order valence-electron chi connectivity index (χ0n) is 35.0. The Kier molecular flexibility index (Phi) is 17.0. The van der Waals surface area contributed by atoms with E-state index in [0.29, 0.717) is 23.0 Å². The van der Waals surface area contributed by atoms with Gasteiger partial charge >= 0.3 is 23.9 Å². The third-order valence-electron chi connectivity index (χ3n) is 10.00. The van der Waals surface area contributed by atoms with Gasteiger partial charge in [-0.3, -0.25) is 0 Å². The number of rotatable bonds is 22. The Balaban J connectivity index is 1.19. The molecule has 0 saturated heterocycles. The Labute approximate surface area is 371 Å². The Morgan fingerprint density at radius 2 is 0.790 bits per heavy atom. The predicted molar refractivity (Wildman–Crippen MR) is 242 cm³/mol. The van der Waals surface area contributed by atoms with Crippen molar-refractivity contribution < 1.29 is 48.3 Å². The lowest BCUT2D eigenvalue weighted by Gasteiger charge is -2.30. The van der Waals surface area contributed by atoms with Gasteiger partial charge in [0.2, 0.25) is 0 Å². The maximum atomic E-state index is 12.3. The van der Waals surface area contributed by atoms with Crippen LogP contribution in [0.2, 0.25) is 0 Å². The number of ether oxygens (including phenoxy) is 4. The topological polar surface area (TPSA) is 146 Å². The molecule has 0 spiro atoms. The summed E-state index contributed by atoms with van der Waals surface area (Å²) >= 11 is 3.02. The van der Waals surface area contributed by atoms with Crippen LogP contribution in [0.3, 0.4) is 0 Å². The van der Waals surface area contributed by atoms with E-state index in [4.69, 9.17) is 29.2 Å². The summed E-state index contributed by atoms with van der Waals surface area (Å²) in [6.45, 7) is 8.85. The standard InChI is InChI=1S/C50H50O10S2/c1-49(2,37-19-23-39(24-20-37)57-31-41(59-47(55)29-27-45(51)52)33-61-43-11-7-5-8-12-43)35-15-17-36(18-16-35)50(3,4)38-21-25-40(26-22-38)58-32-42(60-48(56)30-28-46(53)54)34-62-44-13-9-6-10-14-44/h5-30,41-42H,31-34H2,1-4H3,(H,51,52)(H,53,54)/b29-27-,30-28-. The lowest BCUT2D eigenvalue weighted by molar-refractivity contribution is -0.144. The summed E-state index contributed by atoms with van der Waals surface area (Å²) in [7, 11) is 0. The molecule has 0 aliphatic heterocycles. The van der Waals surface area contributed by atoms with E-state index in [1.54, 1.807) is 0 Å². The molecular weight excluding hydrogens is 825 g/mol. The van der Waals surface area contributed by atoms with Crippen LogP contribution >= 0.6 is 23.5 Å². The van der Waals surface area contributed by atoms with E-state index in [1.165, 1.54) is 23.5 Å². The second-order valence-corrected chi connectivity index (χ2v) is 17.4. The molecule has 2 N–H and O–H groups in total. The molecule has 5 aromatic carbocycles. The van der Waals surface area contributed by atoms with Crippen LogP contribution in [-0.2, 0) is 39.5 Å². The van der Waals surface area contributed by atoms with Crippen LogP contribution in [-0.4, -0.2) is 71.0 Å². The zero-order valence-corrected chi connectivity index (χ0v) is 36.6. The predicted octanol–water partition coefficient (Wildman–Crippen LogP) is 9.79. The molecular formula is C50H50O10S2. The monoisotopic (exact) mass is 874 g/mol. The molecule has 0 radical (unpaired) electrons. The van der Waals surface area contributed by atoms with Gasteiger partial charge in [-0.1, -0.05) is 113 Å². The van der Waals surface area contributed by atoms with Gasteiger partial charge in [-0.2, -0.15) is 0 Å². The Bertz CT molecular complexity index is 2120. The first-order chi connectivity index (χ1) is 29.7. The van der Waals surface area contributed by atoms with Gasteiger partial charge in [0, 0.05) is 56.4 Å². The number of carboxylic acids is 2. The SMILES string of the molecule is CC(C)(c1ccc(OCC(CSc2ccccc2)OC(=O)/C=C\C(=O)O)cc1)c1ccc(C(C)(C)c2ccc(OCC(CSc3ccccc3)OC(=O)/C=C\C(=O)O)cc2)cc1. The maximum Gasteiger partial charge on any atom is 0.331 e. The third kappa shape index (κ3) is 14.5. The molecule has 0 saturated carbocycles. The number of esters is 2. The summed E-state index contributed by atoms with van der Waals surface area (Å²) in [6.07, 6.45) is 2.03. The zero-order chi connectivity index (χ0) is 44.5. The van der Waals surface area contributed by atoms with Gasteiger partial charge < -0.3 is 29.2 Å². The number of carboxylic acid groups (broad SMARTS) is 2. The highest BCUT2D eigenvalue weighted by molar-refractivity contribution is 7.99. The van der Waals surface area contributed by atoms with E-state index in [2.05, 4.69) is 52.0 Å². The molecule has 0 aliphatic carbocycles. The molecule has 10 nitrogen and oxygen atoms in total. The molecule has 62 heavy (non-hydrogen) atoms. The highest BCUT2D eigenvalue weighted by atomic mass is 32.2. The van der Waals surface area contributed by atoms with Crippen molar-refractivity contribution in [2.24, 2.45) is 0 Å². The van der Waals surface area contributed by atoms with Crippen LogP contribution in [0.25, 0.3) is 0 Å². The minimum absolute atomic E-state index is 0.0871. The van der Waals surface area contributed by atoms with Gasteiger partial charge in [0.25, 0.3) is 0 Å². The summed E-state index contributed by atoms with van der Waals surface area (Å²) in [5, 5.41) is 17.8. The molecule has 5 aromatic rings. The second kappa shape index (κ2) is 22.6. The van der Waals surface area contributed by atoms with Crippen LogP contribution in [0.15, 0.2) is 168 Å². The molecule has 0 amide bonds. The van der Waals surface area contributed by atoms with Crippen molar-refractivity contribution in [1.82, 2.24) is 0 Å². The van der Waals surface area contributed by atoms with E-state index in [-0.39, 0.29) is 24.0 Å². The second-order valence-electron chi connectivity index (χ2n) is 15.2. The summed E-state index contributed by atoms with van der Waals surface area (Å²) in [5.74, 6) is -1.91. The number of aliphatic carboxylic acids is 2. The highest BCUT2D eigenvalue weighted by Gasteiger charge is 2.27. The van der Waals surface area contributed by atoms with Gasteiger partial charge in [0.05, 0.1) is 0 Å². The van der Waals surface area contributed by atoms with Gasteiger partial charge in [0.1, 0.15) is 36.9 Å².